The van der Waals surface area contributed by atoms with Crippen LogP contribution in [-0.2, 0) is 9.59 Å². The van der Waals surface area contributed by atoms with E-state index in [1.165, 1.54) is 0 Å². The molecule has 0 bridgehead atoms. The number of hydrogen-bond acceptors (Lipinski definition) is 2. The first-order valence-electron chi connectivity index (χ1n) is 7.80. The molecule has 0 aromatic heterocycles. The van der Waals surface area contributed by atoms with E-state index in [0.717, 1.165) is 36.9 Å². The van der Waals surface area contributed by atoms with E-state index in [1.807, 2.05) is 31.2 Å². The maximum atomic E-state index is 11.7. The molecule has 2 rings (SSSR count). The van der Waals surface area contributed by atoms with E-state index in [2.05, 4.69) is 17.6 Å². The summed E-state index contributed by atoms with van der Waals surface area (Å²) in [5.41, 5.74) is 1.87. The van der Waals surface area contributed by atoms with E-state index in [-0.39, 0.29) is 23.8 Å². The molecule has 0 aliphatic heterocycles. The first kappa shape index (κ1) is 15.5. The molecule has 0 spiro atoms. The Labute approximate surface area is 126 Å². The van der Waals surface area contributed by atoms with Gasteiger partial charge in [0.05, 0.1) is 6.04 Å². The number of unbranched alkanes of at least 4 members (excludes halogenated alkanes) is 1. The number of carbonyl (C=O) groups is 2. The zero-order chi connectivity index (χ0) is 15.2. The van der Waals surface area contributed by atoms with Crippen LogP contribution < -0.4 is 10.6 Å². The summed E-state index contributed by atoms with van der Waals surface area (Å²) in [6, 6.07) is 7.68. The summed E-state index contributed by atoms with van der Waals surface area (Å²) in [6.07, 6.45) is 4.54. The Bertz CT molecular complexity index is 492. The van der Waals surface area contributed by atoms with E-state index < -0.39 is 0 Å². The van der Waals surface area contributed by atoms with E-state index in [4.69, 9.17) is 0 Å². The highest BCUT2D eigenvalue weighted by Crippen LogP contribution is 2.30. The van der Waals surface area contributed by atoms with Crippen molar-refractivity contribution in [2.24, 2.45) is 5.92 Å². The minimum absolute atomic E-state index is 0.0115. The van der Waals surface area contributed by atoms with Crippen molar-refractivity contribution in [1.29, 1.82) is 0 Å². The lowest BCUT2D eigenvalue weighted by Gasteiger charge is -2.15. The van der Waals surface area contributed by atoms with Gasteiger partial charge in [0.1, 0.15) is 0 Å². The smallest absolute Gasteiger partial charge is 0.227 e. The molecule has 1 atom stereocenters. The van der Waals surface area contributed by atoms with Gasteiger partial charge in [-0.3, -0.25) is 9.59 Å². The first-order valence-corrected chi connectivity index (χ1v) is 7.80. The summed E-state index contributed by atoms with van der Waals surface area (Å²) in [4.78, 5) is 23.4. The fraction of sp³-hybridized carbons (Fsp3) is 0.529. The standard InChI is InChI=1S/C17H24N2O2/c1-3-4-5-16(20)18-12(2)13-8-10-15(11-9-13)19-17(21)14-6-7-14/h8-12,14H,3-7H2,1-2H3,(H,18,20)(H,19,21). The molecular weight excluding hydrogens is 264 g/mol. The van der Waals surface area contributed by atoms with E-state index in [0.29, 0.717) is 6.42 Å². The monoisotopic (exact) mass is 288 g/mol. The molecule has 0 radical (unpaired) electrons. The summed E-state index contributed by atoms with van der Waals surface area (Å²) in [5, 5.41) is 5.91. The van der Waals surface area contributed by atoms with Crippen molar-refractivity contribution in [3.8, 4) is 0 Å². The molecule has 2 N–H and O–H groups in total. The maximum absolute atomic E-state index is 11.7. The largest absolute Gasteiger partial charge is 0.350 e. The number of carbonyl (C=O) groups excluding carboxylic acids is 2. The SMILES string of the molecule is CCCCC(=O)NC(C)c1ccc(NC(=O)C2CC2)cc1. The second-order valence-electron chi connectivity index (χ2n) is 5.78. The molecule has 1 aromatic rings. The van der Waals surface area contributed by atoms with Crippen molar-refractivity contribution in [3.63, 3.8) is 0 Å². The lowest BCUT2D eigenvalue weighted by atomic mass is 10.1. The molecule has 114 valence electrons. The van der Waals surface area contributed by atoms with Crippen LogP contribution in [0.2, 0.25) is 0 Å². The predicted octanol–water partition coefficient (Wildman–Crippen LogP) is 3.40. The van der Waals surface area contributed by atoms with Crippen molar-refractivity contribution in [2.75, 3.05) is 5.32 Å². The molecule has 2 amide bonds. The van der Waals surface area contributed by atoms with Crippen LogP contribution in [0.1, 0.15) is 57.6 Å². The number of anilines is 1. The molecule has 1 aromatic carbocycles. The highest BCUT2D eigenvalue weighted by molar-refractivity contribution is 5.94. The second-order valence-corrected chi connectivity index (χ2v) is 5.78. The van der Waals surface area contributed by atoms with Crippen molar-refractivity contribution >= 4 is 17.5 Å². The number of nitrogens with one attached hydrogen (secondary N) is 2. The Hall–Kier alpha value is -1.84. The molecule has 0 heterocycles. The molecule has 21 heavy (non-hydrogen) atoms. The molecule has 1 aliphatic carbocycles. The normalized spacial score (nSPS) is 15.3. The van der Waals surface area contributed by atoms with Crippen LogP contribution in [0, 0.1) is 5.92 Å². The van der Waals surface area contributed by atoms with Crippen LogP contribution in [0.5, 0.6) is 0 Å². The third-order valence-corrected chi connectivity index (χ3v) is 3.76. The van der Waals surface area contributed by atoms with Gasteiger partial charge in [-0.1, -0.05) is 25.5 Å². The number of hydrogen-bond donors (Lipinski definition) is 2. The van der Waals surface area contributed by atoms with Gasteiger partial charge in [0.2, 0.25) is 11.8 Å². The van der Waals surface area contributed by atoms with Gasteiger partial charge in [-0.2, -0.15) is 0 Å². The van der Waals surface area contributed by atoms with E-state index in [1.54, 1.807) is 0 Å². The lowest BCUT2D eigenvalue weighted by Crippen LogP contribution is -2.26. The van der Waals surface area contributed by atoms with Crippen LogP contribution in [0.25, 0.3) is 0 Å². The fourth-order valence-electron chi connectivity index (χ4n) is 2.18. The molecule has 1 fully saturated rings. The third kappa shape index (κ3) is 4.88. The van der Waals surface area contributed by atoms with Gasteiger partial charge in [0.25, 0.3) is 0 Å². The topological polar surface area (TPSA) is 58.2 Å². The summed E-state index contributed by atoms with van der Waals surface area (Å²) in [7, 11) is 0. The Kier molecular flexibility index (Phi) is 5.37. The van der Waals surface area contributed by atoms with Crippen LogP contribution in [0.3, 0.4) is 0 Å². The van der Waals surface area contributed by atoms with Gasteiger partial charge in [-0.15, -0.1) is 0 Å². The van der Waals surface area contributed by atoms with E-state index >= 15 is 0 Å². The van der Waals surface area contributed by atoms with Gasteiger partial charge in [-0.25, -0.2) is 0 Å². The third-order valence-electron chi connectivity index (χ3n) is 3.76. The Balaban J connectivity index is 1.85. The minimum atomic E-state index is -0.0115. The van der Waals surface area contributed by atoms with Gasteiger partial charge < -0.3 is 10.6 Å². The van der Waals surface area contributed by atoms with Crippen molar-refractivity contribution in [3.05, 3.63) is 29.8 Å². The van der Waals surface area contributed by atoms with Crippen LogP contribution in [0.15, 0.2) is 24.3 Å². The molecule has 1 aliphatic rings. The maximum Gasteiger partial charge on any atom is 0.227 e. The van der Waals surface area contributed by atoms with E-state index in [9.17, 15) is 9.59 Å². The average Bonchev–Trinajstić information content (AvgIpc) is 3.30. The number of rotatable bonds is 7. The highest BCUT2D eigenvalue weighted by atomic mass is 16.2. The number of benzene rings is 1. The summed E-state index contributed by atoms with van der Waals surface area (Å²) >= 11 is 0. The summed E-state index contributed by atoms with van der Waals surface area (Å²) in [5.74, 6) is 0.417. The summed E-state index contributed by atoms with van der Waals surface area (Å²) in [6.45, 7) is 4.05. The molecule has 4 nitrogen and oxygen atoms in total. The quantitative estimate of drug-likeness (QED) is 0.808. The zero-order valence-corrected chi connectivity index (χ0v) is 12.8. The Morgan fingerprint density at radius 2 is 1.90 bits per heavy atom. The fourth-order valence-corrected chi connectivity index (χ4v) is 2.18. The van der Waals surface area contributed by atoms with Crippen LogP contribution >= 0.6 is 0 Å². The van der Waals surface area contributed by atoms with Gasteiger partial charge in [0.15, 0.2) is 0 Å². The lowest BCUT2D eigenvalue weighted by molar-refractivity contribution is -0.122. The van der Waals surface area contributed by atoms with Gasteiger partial charge in [-0.05, 0) is 43.9 Å². The second kappa shape index (κ2) is 7.25. The Morgan fingerprint density at radius 1 is 1.24 bits per heavy atom. The van der Waals surface area contributed by atoms with Crippen LogP contribution in [0.4, 0.5) is 5.69 Å². The Morgan fingerprint density at radius 3 is 2.48 bits per heavy atom. The van der Waals surface area contributed by atoms with Crippen molar-refractivity contribution in [1.82, 2.24) is 5.32 Å². The molecule has 4 heteroatoms. The van der Waals surface area contributed by atoms with Gasteiger partial charge >= 0.3 is 0 Å². The average molecular weight is 288 g/mol. The first-order chi connectivity index (χ1) is 10.1. The molecular formula is C17H24N2O2. The molecule has 0 saturated heterocycles. The van der Waals surface area contributed by atoms with Gasteiger partial charge in [0, 0.05) is 18.0 Å². The summed E-state index contributed by atoms with van der Waals surface area (Å²) < 4.78 is 0. The zero-order valence-electron chi connectivity index (χ0n) is 12.8. The molecule has 1 saturated carbocycles. The predicted molar refractivity (Wildman–Crippen MR) is 83.9 cm³/mol. The highest BCUT2D eigenvalue weighted by Gasteiger charge is 2.29. The molecule has 1 unspecified atom stereocenters. The van der Waals surface area contributed by atoms with Crippen molar-refractivity contribution < 1.29 is 9.59 Å². The minimum Gasteiger partial charge on any atom is -0.350 e. The number of amides is 2. The van der Waals surface area contributed by atoms with Crippen LogP contribution in [-0.4, -0.2) is 11.8 Å². The van der Waals surface area contributed by atoms with Crippen molar-refractivity contribution in [2.45, 2.75) is 52.0 Å².